The number of carboxylic acids is 1. The smallest absolute Gasteiger partial charge is 0.335 e. The maximum atomic E-state index is 12.4. The largest absolute Gasteiger partial charge is 0.478 e. The van der Waals surface area contributed by atoms with E-state index in [-0.39, 0.29) is 17.3 Å². The Bertz CT molecular complexity index is 641. The average molecular weight is 315 g/mol. The first-order valence-electron chi connectivity index (χ1n) is 6.89. The Morgan fingerprint density at radius 1 is 1.00 bits per heavy atom. The summed E-state index contributed by atoms with van der Waals surface area (Å²) in [5, 5.41) is 12.0. The summed E-state index contributed by atoms with van der Waals surface area (Å²) in [5.74, 6) is -0.720. The Kier molecular flexibility index (Phi) is 5.61. The van der Waals surface area contributed by atoms with Gasteiger partial charge in [-0.2, -0.15) is 12.6 Å². The van der Waals surface area contributed by atoms with Gasteiger partial charge in [0.05, 0.1) is 5.56 Å². The van der Waals surface area contributed by atoms with Crippen LogP contribution in [0.1, 0.15) is 20.7 Å². The molecule has 0 spiro atoms. The standard InChI is InChI=1S/C17H17NO3S/c19-16(12-4-2-1-3-5-12)14(11-22)10-18-15-8-6-13(7-9-15)17(20)21/h1-9,14,18,22H,10-11H2,(H,20,21)/t14-/m1/s1. The molecule has 2 aromatic rings. The van der Waals surface area contributed by atoms with Gasteiger partial charge in [0, 0.05) is 29.5 Å². The fourth-order valence-electron chi connectivity index (χ4n) is 2.05. The molecule has 0 saturated carbocycles. The molecule has 0 radical (unpaired) electrons. The molecule has 0 aliphatic carbocycles. The van der Waals surface area contributed by atoms with Gasteiger partial charge >= 0.3 is 5.97 Å². The van der Waals surface area contributed by atoms with Crippen molar-refractivity contribution in [3.8, 4) is 0 Å². The summed E-state index contributed by atoms with van der Waals surface area (Å²) in [7, 11) is 0. The fraction of sp³-hybridized carbons (Fsp3) is 0.176. The topological polar surface area (TPSA) is 66.4 Å². The minimum atomic E-state index is -0.959. The van der Waals surface area contributed by atoms with Gasteiger partial charge in [-0.15, -0.1) is 0 Å². The number of benzene rings is 2. The second-order valence-corrected chi connectivity index (χ2v) is 5.24. The highest BCUT2D eigenvalue weighted by Gasteiger charge is 2.18. The zero-order valence-electron chi connectivity index (χ0n) is 11.9. The molecule has 5 heteroatoms. The van der Waals surface area contributed by atoms with Gasteiger partial charge < -0.3 is 10.4 Å². The van der Waals surface area contributed by atoms with Gasteiger partial charge in [-0.1, -0.05) is 30.3 Å². The lowest BCUT2D eigenvalue weighted by Crippen LogP contribution is -2.25. The summed E-state index contributed by atoms with van der Waals surface area (Å²) < 4.78 is 0. The molecule has 0 amide bonds. The van der Waals surface area contributed by atoms with E-state index >= 15 is 0 Å². The lowest BCUT2D eigenvalue weighted by atomic mass is 9.99. The molecule has 2 N–H and O–H groups in total. The van der Waals surface area contributed by atoms with Crippen LogP contribution >= 0.6 is 12.6 Å². The van der Waals surface area contributed by atoms with Crippen molar-refractivity contribution in [2.24, 2.45) is 5.92 Å². The predicted molar refractivity (Wildman–Crippen MR) is 90.0 cm³/mol. The lowest BCUT2D eigenvalue weighted by molar-refractivity contribution is 0.0696. The van der Waals surface area contributed by atoms with Crippen molar-refractivity contribution in [3.05, 3.63) is 65.7 Å². The number of ketones is 1. The second-order valence-electron chi connectivity index (χ2n) is 4.87. The van der Waals surface area contributed by atoms with Gasteiger partial charge in [0.15, 0.2) is 5.78 Å². The van der Waals surface area contributed by atoms with Crippen LogP contribution in [0.15, 0.2) is 54.6 Å². The Morgan fingerprint density at radius 2 is 1.64 bits per heavy atom. The van der Waals surface area contributed by atoms with Crippen molar-refractivity contribution in [1.82, 2.24) is 0 Å². The molecule has 0 saturated heterocycles. The van der Waals surface area contributed by atoms with Crippen molar-refractivity contribution < 1.29 is 14.7 Å². The fourth-order valence-corrected chi connectivity index (χ4v) is 2.34. The van der Waals surface area contributed by atoms with Crippen molar-refractivity contribution in [1.29, 1.82) is 0 Å². The molecule has 0 aromatic heterocycles. The molecule has 0 fully saturated rings. The number of anilines is 1. The summed E-state index contributed by atoms with van der Waals surface area (Å²) in [6.45, 7) is 0.448. The van der Waals surface area contributed by atoms with Crippen molar-refractivity contribution in [2.75, 3.05) is 17.6 Å². The lowest BCUT2D eigenvalue weighted by Gasteiger charge is -2.15. The summed E-state index contributed by atoms with van der Waals surface area (Å²) in [6.07, 6.45) is 0. The van der Waals surface area contributed by atoms with E-state index in [1.807, 2.05) is 18.2 Å². The summed E-state index contributed by atoms with van der Waals surface area (Å²) in [4.78, 5) is 23.2. The molecule has 0 aliphatic heterocycles. The monoisotopic (exact) mass is 315 g/mol. The Balaban J connectivity index is 1.99. The third-order valence-corrected chi connectivity index (χ3v) is 3.77. The molecule has 1 atom stereocenters. The first-order chi connectivity index (χ1) is 10.6. The third-order valence-electron chi connectivity index (χ3n) is 3.33. The first kappa shape index (κ1) is 16.1. The van der Waals surface area contributed by atoms with Crippen LogP contribution in [0.25, 0.3) is 0 Å². The molecule has 114 valence electrons. The predicted octanol–water partition coefficient (Wildman–Crippen LogP) is 3.23. The van der Waals surface area contributed by atoms with Crippen LogP contribution in [0.5, 0.6) is 0 Å². The van der Waals surface area contributed by atoms with Crippen molar-refractivity contribution in [3.63, 3.8) is 0 Å². The van der Waals surface area contributed by atoms with Crippen LogP contribution in [0.4, 0.5) is 5.69 Å². The molecule has 0 heterocycles. The Hall–Kier alpha value is -2.27. The van der Waals surface area contributed by atoms with E-state index in [4.69, 9.17) is 5.11 Å². The molecule has 0 aliphatic rings. The van der Waals surface area contributed by atoms with Crippen LogP contribution in [0, 0.1) is 5.92 Å². The van der Waals surface area contributed by atoms with E-state index < -0.39 is 5.97 Å². The normalized spacial score (nSPS) is 11.7. The van der Waals surface area contributed by atoms with Crippen LogP contribution in [0.2, 0.25) is 0 Å². The summed E-state index contributed by atoms with van der Waals surface area (Å²) in [5.41, 5.74) is 1.68. The highest BCUT2D eigenvalue weighted by atomic mass is 32.1. The third kappa shape index (κ3) is 4.11. The number of carbonyl (C=O) groups is 2. The van der Waals surface area contributed by atoms with Crippen LogP contribution in [-0.4, -0.2) is 29.2 Å². The van der Waals surface area contributed by atoms with Gasteiger partial charge in [0.1, 0.15) is 0 Å². The van der Waals surface area contributed by atoms with E-state index in [1.54, 1.807) is 24.3 Å². The SMILES string of the molecule is O=C(O)c1ccc(NC[C@H](CS)C(=O)c2ccccc2)cc1. The quantitative estimate of drug-likeness (QED) is 0.542. The number of hydrogen-bond donors (Lipinski definition) is 3. The van der Waals surface area contributed by atoms with E-state index in [2.05, 4.69) is 17.9 Å². The van der Waals surface area contributed by atoms with Crippen molar-refractivity contribution in [2.45, 2.75) is 0 Å². The van der Waals surface area contributed by atoms with E-state index in [1.165, 1.54) is 12.1 Å². The van der Waals surface area contributed by atoms with Gasteiger partial charge in [-0.3, -0.25) is 4.79 Å². The van der Waals surface area contributed by atoms with Gasteiger partial charge in [0.2, 0.25) is 0 Å². The van der Waals surface area contributed by atoms with E-state index in [0.717, 1.165) is 5.69 Å². The number of Topliss-reactive ketones (excluding diaryl/α,β-unsaturated/α-hetero) is 1. The molecular formula is C17H17NO3S. The molecule has 0 unspecified atom stereocenters. The highest BCUT2D eigenvalue weighted by molar-refractivity contribution is 7.80. The minimum absolute atomic E-state index is 0.0465. The number of carbonyl (C=O) groups excluding carboxylic acids is 1. The molecule has 2 rings (SSSR count). The van der Waals surface area contributed by atoms with Crippen molar-refractivity contribution >= 4 is 30.1 Å². The Labute approximate surface area is 134 Å². The Morgan fingerprint density at radius 3 is 2.18 bits per heavy atom. The van der Waals surface area contributed by atoms with Crippen LogP contribution in [-0.2, 0) is 0 Å². The number of thiol groups is 1. The average Bonchev–Trinajstić information content (AvgIpc) is 2.56. The highest BCUT2D eigenvalue weighted by Crippen LogP contribution is 2.14. The minimum Gasteiger partial charge on any atom is -0.478 e. The summed E-state index contributed by atoms with van der Waals surface area (Å²) >= 11 is 4.26. The van der Waals surface area contributed by atoms with Gasteiger partial charge in [-0.25, -0.2) is 4.79 Å². The van der Waals surface area contributed by atoms with Gasteiger partial charge in [0.25, 0.3) is 0 Å². The summed E-state index contributed by atoms with van der Waals surface area (Å²) in [6, 6.07) is 15.5. The zero-order valence-corrected chi connectivity index (χ0v) is 12.8. The van der Waals surface area contributed by atoms with Crippen LogP contribution < -0.4 is 5.32 Å². The second kappa shape index (κ2) is 7.66. The maximum absolute atomic E-state index is 12.4. The first-order valence-corrected chi connectivity index (χ1v) is 7.52. The number of hydrogen-bond acceptors (Lipinski definition) is 4. The molecule has 22 heavy (non-hydrogen) atoms. The maximum Gasteiger partial charge on any atom is 0.335 e. The van der Waals surface area contributed by atoms with E-state index in [9.17, 15) is 9.59 Å². The zero-order chi connectivity index (χ0) is 15.9. The van der Waals surface area contributed by atoms with Gasteiger partial charge in [-0.05, 0) is 24.3 Å². The number of nitrogens with one attached hydrogen (secondary N) is 1. The number of rotatable bonds is 7. The number of aromatic carboxylic acids is 1. The molecular weight excluding hydrogens is 298 g/mol. The number of carboxylic acid groups (broad SMARTS) is 1. The molecule has 4 nitrogen and oxygen atoms in total. The molecule has 2 aromatic carbocycles. The van der Waals surface area contributed by atoms with E-state index in [0.29, 0.717) is 17.9 Å². The molecule has 0 bridgehead atoms. The van der Waals surface area contributed by atoms with Crippen LogP contribution in [0.3, 0.4) is 0 Å².